The molecule has 0 fully saturated rings. The monoisotopic (exact) mass is 338 g/mol. The molecule has 0 saturated carbocycles. The minimum absolute atomic E-state index is 0.0554. The Labute approximate surface area is 143 Å². The smallest absolute Gasteiger partial charge is 0.262 e. The molecule has 0 unspecified atom stereocenters. The second-order valence-corrected chi connectivity index (χ2v) is 5.54. The maximum atomic E-state index is 14.6. The van der Waals surface area contributed by atoms with Crippen LogP contribution in [0.15, 0.2) is 35.3 Å². The molecular formula is C18H15FN4O2. The Hall–Kier alpha value is -3.40. The molecule has 1 amide bonds. The van der Waals surface area contributed by atoms with Gasteiger partial charge in [-0.1, -0.05) is 18.2 Å². The van der Waals surface area contributed by atoms with Gasteiger partial charge >= 0.3 is 0 Å². The van der Waals surface area contributed by atoms with Crippen molar-refractivity contribution >= 4 is 11.9 Å². The number of hydrogen-bond acceptors (Lipinski definition) is 5. The number of rotatable bonds is 2. The lowest BCUT2D eigenvalue weighted by molar-refractivity contribution is 0.0974. The molecule has 1 heterocycles. The second-order valence-electron chi connectivity index (χ2n) is 5.54. The summed E-state index contributed by atoms with van der Waals surface area (Å²) in [7, 11) is 0. The largest absolute Gasteiger partial charge is 0.507 e. The standard InChI is InChI=1S/C18H15FN4O2/c1-10-3-2-4-12(16(10)19)14-11(9-20)5-6-13(24)15(14)17(25)23-18-21-7-8-22-18/h2-6,24H,7-8H2,1H3,(H2,21,22,23,25). The molecule has 2 aromatic rings. The number of benzene rings is 2. The van der Waals surface area contributed by atoms with Crippen LogP contribution >= 0.6 is 0 Å². The van der Waals surface area contributed by atoms with Gasteiger partial charge in [0.1, 0.15) is 11.6 Å². The first-order chi connectivity index (χ1) is 12.0. The van der Waals surface area contributed by atoms with Gasteiger partial charge < -0.3 is 10.4 Å². The third kappa shape index (κ3) is 3.02. The van der Waals surface area contributed by atoms with E-state index in [1.807, 2.05) is 6.07 Å². The van der Waals surface area contributed by atoms with Gasteiger partial charge in [-0.25, -0.2) is 4.39 Å². The summed E-state index contributed by atoms with van der Waals surface area (Å²) in [6.45, 7) is 2.71. The third-order valence-corrected chi connectivity index (χ3v) is 3.90. The van der Waals surface area contributed by atoms with Gasteiger partial charge in [-0.15, -0.1) is 0 Å². The number of aromatic hydroxyl groups is 1. The molecule has 25 heavy (non-hydrogen) atoms. The predicted molar refractivity (Wildman–Crippen MR) is 90.7 cm³/mol. The molecule has 0 bridgehead atoms. The Morgan fingerprint density at radius 1 is 1.40 bits per heavy atom. The highest BCUT2D eigenvalue weighted by Gasteiger charge is 2.24. The molecule has 3 rings (SSSR count). The van der Waals surface area contributed by atoms with E-state index in [-0.39, 0.29) is 34.0 Å². The minimum Gasteiger partial charge on any atom is -0.507 e. The van der Waals surface area contributed by atoms with Gasteiger partial charge in [-0.05, 0) is 24.6 Å². The lowest BCUT2D eigenvalue weighted by Crippen LogP contribution is -2.38. The van der Waals surface area contributed by atoms with Crippen LogP contribution in [0, 0.1) is 24.1 Å². The first kappa shape index (κ1) is 16.5. The first-order valence-corrected chi connectivity index (χ1v) is 7.64. The number of amides is 1. The molecule has 6 nitrogen and oxygen atoms in total. The molecule has 1 aliphatic rings. The normalized spacial score (nSPS) is 12.9. The van der Waals surface area contributed by atoms with Gasteiger partial charge in [-0.3, -0.25) is 15.1 Å². The van der Waals surface area contributed by atoms with E-state index in [4.69, 9.17) is 0 Å². The number of aryl methyl sites for hydroxylation is 1. The quantitative estimate of drug-likeness (QED) is 0.781. The zero-order chi connectivity index (χ0) is 18.0. The van der Waals surface area contributed by atoms with Crippen LogP contribution in [-0.4, -0.2) is 30.1 Å². The Kier molecular flexibility index (Phi) is 4.35. The van der Waals surface area contributed by atoms with Gasteiger partial charge in [0, 0.05) is 17.7 Å². The second kappa shape index (κ2) is 6.61. The van der Waals surface area contributed by atoms with E-state index in [9.17, 15) is 19.6 Å². The topological polar surface area (TPSA) is 97.5 Å². The summed E-state index contributed by atoms with van der Waals surface area (Å²) in [6.07, 6.45) is 0. The van der Waals surface area contributed by atoms with Crippen LogP contribution < -0.4 is 10.6 Å². The summed E-state index contributed by atoms with van der Waals surface area (Å²) in [5.41, 5.74) is 0.436. The highest BCUT2D eigenvalue weighted by Crippen LogP contribution is 2.35. The van der Waals surface area contributed by atoms with E-state index in [0.717, 1.165) is 0 Å². The number of phenols is 1. The Morgan fingerprint density at radius 2 is 2.20 bits per heavy atom. The Morgan fingerprint density at radius 3 is 2.88 bits per heavy atom. The van der Waals surface area contributed by atoms with Crippen molar-refractivity contribution in [2.24, 2.45) is 4.99 Å². The number of nitrogens with zero attached hydrogens (tertiary/aromatic N) is 2. The molecule has 0 spiro atoms. The molecule has 3 N–H and O–H groups in total. The van der Waals surface area contributed by atoms with Gasteiger partial charge in [0.2, 0.25) is 0 Å². The van der Waals surface area contributed by atoms with Crippen LogP contribution in [0.2, 0.25) is 0 Å². The number of hydrogen-bond donors (Lipinski definition) is 3. The summed E-state index contributed by atoms with van der Waals surface area (Å²) in [4.78, 5) is 16.7. The van der Waals surface area contributed by atoms with Gasteiger partial charge in [0.25, 0.3) is 5.91 Å². The maximum Gasteiger partial charge on any atom is 0.262 e. The van der Waals surface area contributed by atoms with Crippen molar-refractivity contribution < 1.29 is 14.3 Å². The fraction of sp³-hybridized carbons (Fsp3) is 0.167. The van der Waals surface area contributed by atoms with Crippen molar-refractivity contribution in [1.82, 2.24) is 10.6 Å². The number of guanidine groups is 1. The van der Waals surface area contributed by atoms with Crippen molar-refractivity contribution in [3.63, 3.8) is 0 Å². The van der Waals surface area contributed by atoms with E-state index in [0.29, 0.717) is 18.7 Å². The predicted octanol–water partition coefficient (Wildman–Crippen LogP) is 2.07. The minimum atomic E-state index is -0.668. The van der Waals surface area contributed by atoms with Crippen molar-refractivity contribution in [1.29, 1.82) is 5.26 Å². The van der Waals surface area contributed by atoms with Crippen LogP contribution in [0.5, 0.6) is 5.75 Å². The van der Waals surface area contributed by atoms with Crippen molar-refractivity contribution in [3.05, 3.63) is 52.8 Å². The van der Waals surface area contributed by atoms with E-state index in [1.165, 1.54) is 18.2 Å². The number of carbonyl (C=O) groups is 1. The summed E-state index contributed by atoms with van der Waals surface area (Å²) in [5, 5.41) is 25.0. The molecule has 0 atom stereocenters. The zero-order valence-electron chi connectivity index (χ0n) is 13.4. The van der Waals surface area contributed by atoms with Crippen molar-refractivity contribution in [3.8, 4) is 22.9 Å². The average molecular weight is 338 g/mol. The molecule has 7 heteroatoms. The Balaban J connectivity index is 2.19. The molecule has 0 radical (unpaired) electrons. The lowest BCUT2D eigenvalue weighted by atomic mass is 9.92. The molecule has 126 valence electrons. The molecule has 0 aromatic heterocycles. The van der Waals surface area contributed by atoms with Crippen LogP contribution in [0.25, 0.3) is 11.1 Å². The summed E-state index contributed by atoms with van der Waals surface area (Å²) >= 11 is 0. The van der Waals surface area contributed by atoms with E-state index in [1.54, 1.807) is 19.1 Å². The summed E-state index contributed by atoms with van der Waals surface area (Å²) < 4.78 is 14.6. The number of carbonyl (C=O) groups excluding carboxylic acids is 1. The summed E-state index contributed by atoms with van der Waals surface area (Å²) in [5.74, 6) is -1.28. The number of aliphatic imine (C=N–C) groups is 1. The van der Waals surface area contributed by atoms with E-state index in [2.05, 4.69) is 15.6 Å². The van der Waals surface area contributed by atoms with Crippen LogP contribution in [0.4, 0.5) is 4.39 Å². The van der Waals surface area contributed by atoms with Crippen LogP contribution in [-0.2, 0) is 0 Å². The maximum absolute atomic E-state index is 14.6. The number of nitriles is 1. The SMILES string of the molecule is Cc1cccc(-c2c(C#N)ccc(O)c2C(=O)NC2=NCCN2)c1F. The van der Waals surface area contributed by atoms with Gasteiger partial charge in [0.15, 0.2) is 5.96 Å². The van der Waals surface area contributed by atoms with Crippen molar-refractivity contribution in [2.75, 3.05) is 13.1 Å². The lowest BCUT2D eigenvalue weighted by Gasteiger charge is -2.15. The van der Waals surface area contributed by atoms with Crippen molar-refractivity contribution in [2.45, 2.75) is 6.92 Å². The highest BCUT2D eigenvalue weighted by molar-refractivity contribution is 6.11. The fourth-order valence-corrected chi connectivity index (χ4v) is 2.69. The highest BCUT2D eigenvalue weighted by atomic mass is 19.1. The zero-order valence-corrected chi connectivity index (χ0v) is 13.4. The number of phenolic OH excluding ortho intramolecular Hbond substituents is 1. The molecular weight excluding hydrogens is 323 g/mol. The molecule has 0 saturated heterocycles. The molecule has 0 aliphatic carbocycles. The number of nitrogens with one attached hydrogen (secondary N) is 2. The van der Waals surface area contributed by atoms with Crippen LogP contribution in [0.1, 0.15) is 21.5 Å². The van der Waals surface area contributed by atoms with Gasteiger partial charge in [0.05, 0.1) is 23.7 Å². The van der Waals surface area contributed by atoms with Gasteiger partial charge in [-0.2, -0.15) is 5.26 Å². The van der Waals surface area contributed by atoms with E-state index >= 15 is 0 Å². The Bertz CT molecular complexity index is 931. The molecule has 2 aromatic carbocycles. The summed E-state index contributed by atoms with van der Waals surface area (Å²) in [6, 6.07) is 9.24. The first-order valence-electron chi connectivity index (χ1n) is 7.64. The van der Waals surface area contributed by atoms with E-state index < -0.39 is 11.7 Å². The third-order valence-electron chi connectivity index (χ3n) is 3.90. The average Bonchev–Trinajstić information content (AvgIpc) is 3.10. The fourth-order valence-electron chi connectivity index (χ4n) is 2.69. The number of halogens is 1. The van der Waals surface area contributed by atoms with Crippen LogP contribution in [0.3, 0.4) is 0 Å². The molecule has 1 aliphatic heterocycles.